The lowest BCUT2D eigenvalue weighted by atomic mass is 10.2. The maximum atomic E-state index is 9.00. The molecule has 1 fully saturated rings. The molecule has 1 aliphatic carbocycles. The van der Waals surface area contributed by atoms with Gasteiger partial charge < -0.3 is 22.9 Å². The predicted octanol–water partition coefficient (Wildman–Crippen LogP) is 0.244. The molecule has 0 spiro atoms. The van der Waals surface area contributed by atoms with Gasteiger partial charge in [0.05, 0.1) is 0 Å². The maximum absolute atomic E-state index is 9.00. The van der Waals surface area contributed by atoms with E-state index in [1.807, 2.05) is 0 Å². The molecule has 6 nitrogen and oxygen atoms in total. The van der Waals surface area contributed by atoms with Crippen LogP contribution < -0.4 is 22.9 Å². The SMILES string of the molecule is CC1CCCC1.NC(N)=O.NC(N)=O. The van der Waals surface area contributed by atoms with Gasteiger partial charge >= 0.3 is 12.1 Å². The van der Waals surface area contributed by atoms with Crippen molar-refractivity contribution in [3.8, 4) is 0 Å². The van der Waals surface area contributed by atoms with Crippen molar-refractivity contribution in [1.82, 2.24) is 0 Å². The van der Waals surface area contributed by atoms with Crippen LogP contribution in [-0.4, -0.2) is 12.1 Å². The first-order valence-electron chi connectivity index (χ1n) is 4.46. The zero-order valence-corrected chi connectivity index (χ0v) is 8.53. The van der Waals surface area contributed by atoms with E-state index in [4.69, 9.17) is 9.59 Å². The number of carbonyl (C=O) groups excluding carboxylic acids is 2. The van der Waals surface area contributed by atoms with Crippen molar-refractivity contribution < 1.29 is 9.59 Å². The molecule has 1 aliphatic rings. The number of hydrogen-bond acceptors (Lipinski definition) is 2. The first-order valence-corrected chi connectivity index (χ1v) is 4.46. The van der Waals surface area contributed by atoms with Gasteiger partial charge in [0, 0.05) is 0 Å². The van der Waals surface area contributed by atoms with Crippen LogP contribution in [0.5, 0.6) is 0 Å². The Balaban J connectivity index is 0. The van der Waals surface area contributed by atoms with Crippen molar-refractivity contribution in [2.45, 2.75) is 32.6 Å². The third kappa shape index (κ3) is 31.3. The number of rotatable bonds is 0. The molecule has 1 saturated carbocycles. The van der Waals surface area contributed by atoms with Crippen molar-refractivity contribution in [3.05, 3.63) is 0 Å². The minimum Gasteiger partial charge on any atom is -0.352 e. The van der Waals surface area contributed by atoms with E-state index >= 15 is 0 Å². The van der Waals surface area contributed by atoms with Crippen molar-refractivity contribution in [1.29, 1.82) is 0 Å². The minimum absolute atomic E-state index is 0.833. The molecule has 8 N–H and O–H groups in total. The summed E-state index contributed by atoms with van der Waals surface area (Å²) in [4.78, 5) is 18.0. The topological polar surface area (TPSA) is 138 Å². The van der Waals surface area contributed by atoms with Crippen LogP contribution in [0.3, 0.4) is 0 Å². The Hall–Kier alpha value is -1.46. The van der Waals surface area contributed by atoms with E-state index in [2.05, 4.69) is 29.9 Å². The molecule has 0 aromatic heterocycles. The van der Waals surface area contributed by atoms with E-state index in [1.54, 1.807) is 0 Å². The van der Waals surface area contributed by atoms with Crippen molar-refractivity contribution in [2.75, 3.05) is 0 Å². The van der Waals surface area contributed by atoms with Gasteiger partial charge in [-0.05, 0) is 5.92 Å². The zero-order chi connectivity index (χ0) is 11.6. The summed E-state index contributed by atoms with van der Waals surface area (Å²) < 4.78 is 0. The van der Waals surface area contributed by atoms with Crippen molar-refractivity contribution in [3.63, 3.8) is 0 Å². The van der Waals surface area contributed by atoms with Crippen LogP contribution in [0.2, 0.25) is 0 Å². The highest BCUT2D eigenvalue weighted by Crippen LogP contribution is 2.22. The van der Waals surface area contributed by atoms with E-state index in [0.29, 0.717) is 0 Å². The molecule has 4 amide bonds. The average molecular weight is 204 g/mol. The highest BCUT2D eigenvalue weighted by Gasteiger charge is 2.07. The molecule has 0 radical (unpaired) electrons. The Morgan fingerprint density at radius 2 is 1.14 bits per heavy atom. The van der Waals surface area contributed by atoms with Crippen LogP contribution in [-0.2, 0) is 0 Å². The molecule has 14 heavy (non-hydrogen) atoms. The molecule has 0 unspecified atom stereocenters. The van der Waals surface area contributed by atoms with Crippen LogP contribution in [0.1, 0.15) is 32.6 Å². The molecule has 0 aliphatic heterocycles. The number of amides is 4. The van der Waals surface area contributed by atoms with Crippen LogP contribution >= 0.6 is 0 Å². The summed E-state index contributed by atoms with van der Waals surface area (Å²) in [7, 11) is 0. The van der Waals surface area contributed by atoms with Gasteiger partial charge in [0.15, 0.2) is 0 Å². The smallest absolute Gasteiger partial charge is 0.309 e. The van der Waals surface area contributed by atoms with E-state index < -0.39 is 12.1 Å². The van der Waals surface area contributed by atoms with Gasteiger partial charge in [-0.15, -0.1) is 0 Å². The lowest BCUT2D eigenvalue weighted by molar-refractivity contribution is 0.255. The summed E-state index contributed by atoms with van der Waals surface area (Å²) >= 11 is 0. The van der Waals surface area contributed by atoms with Gasteiger partial charge in [-0.2, -0.15) is 0 Å². The second kappa shape index (κ2) is 9.63. The van der Waals surface area contributed by atoms with Gasteiger partial charge in [0.2, 0.25) is 0 Å². The summed E-state index contributed by atoms with van der Waals surface area (Å²) in [6, 6.07) is -1.67. The summed E-state index contributed by atoms with van der Waals surface area (Å²) in [5, 5.41) is 0. The molecule has 0 heterocycles. The summed E-state index contributed by atoms with van der Waals surface area (Å²) in [6.45, 7) is 2.34. The van der Waals surface area contributed by atoms with Gasteiger partial charge in [-0.25, -0.2) is 9.59 Å². The number of urea groups is 2. The first kappa shape index (κ1) is 15.0. The number of carbonyl (C=O) groups is 2. The van der Waals surface area contributed by atoms with Crippen LogP contribution in [0.25, 0.3) is 0 Å². The van der Waals surface area contributed by atoms with Gasteiger partial charge in [-0.3, -0.25) is 0 Å². The monoisotopic (exact) mass is 204 g/mol. The normalized spacial score (nSPS) is 14.4. The lowest BCUT2D eigenvalue weighted by Crippen LogP contribution is -2.18. The first-order chi connectivity index (χ1) is 6.36. The molecule has 6 heteroatoms. The number of nitrogens with two attached hydrogens (primary N) is 4. The minimum atomic E-state index is -0.833. The fraction of sp³-hybridized carbons (Fsp3) is 0.750. The number of primary amides is 4. The predicted molar refractivity (Wildman–Crippen MR) is 55.2 cm³/mol. The largest absolute Gasteiger partial charge is 0.352 e. The van der Waals surface area contributed by atoms with E-state index in [9.17, 15) is 0 Å². The van der Waals surface area contributed by atoms with E-state index in [-0.39, 0.29) is 0 Å². The second-order valence-corrected chi connectivity index (χ2v) is 3.19. The quantitative estimate of drug-likeness (QED) is 0.449. The van der Waals surface area contributed by atoms with Crippen LogP contribution in [0.4, 0.5) is 9.59 Å². The Kier molecular flexibility index (Phi) is 10.3. The van der Waals surface area contributed by atoms with Crippen LogP contribution in [0.15, 0.2) is 0 Å². The van der Waals surface area contributed by atoms with Gasteiger partial charge in [0.25, 0.3) is 0 Å². The number of hydrogen-bond donors (Lipinski definition) is 4. The molecule has 1 rings (SSSR count). The Morgan fingerprint density at radius 1 is 0.929 bits per heavy atom. The summed E-state index contributed by atoms with van der Waals surface area (Å²) in [5.74, 6) is 1.05. The highest BCUT2D eigenvalue weighted by molar-refractivity contribution is 5.69. The Labute approximate surface area is 84.0 Å². The van der Waals surface area contributed by atoms with E-state index in [0.717, 1.165) is 5.92 Å². The fourth-order valence-electron chi connectivity index (χ4n) is 1.13. The second-order valence-electron chi connectivity index (χ2n) is 3.19. The Bertz CT molecular complexity index is 147. The lowest BCUT2D eigenvalue weighted by Gasteiger charge is -1.91. The maximum Gasteiger partial charge on any atom is 0.309 e. The fourth-order valence-corrected chi connectivity index (χ4v) is 1.13. The van der Waals surface area contributed by atoms with Crippen LogP contribution in [0, 0.1) is 5.92 Å². The van der Waals surface area contributed by atoms with Crippen molar-refractivity contribution >= 4 is 12.1 Å². The van der Waals surface area contributed by atoms with E-state index in [1.165, 1.54) is 25.7 Å². The third-order valence-corrected chi connectivity index (χ3v) is 1.64. The molecule has 0 aromatic carbocycles. The average Bonchev–Trinajstić information content (AvgIpc) is 2.36. The summed E-state index contributed by atoms with van der Waals surface area (Å²) in [5.41, 5.74) is 17.0. The molecule has 84 valence electrons. The molecular formula is C8H20N4O2. The Morgan fingerprint density at radius 3 is 1.21 bits per heavy atom. The molecule has 0 bridgehead atoms. The van der Waals surface area contributed by atoms with Gasteiger partial charge in [0.1, 0.15) is 0 Å². The molecule has 0 saturated heterocycles. The molecule has 0 atom stereocenters. The van der Waals surface area contributed by atoms with Gasteiger partial charge in [-0.1, -0.05) is 32.6 Å². The third-order valence-electron chi connectivity index (χ3n) is 1.64. The molecule has 0 aromatic rings. The standard InChI is InChI=1S/C6H12.2CH4N2O/c1-6-4-2-3-5-6;2*2-1(3)4/h6H,2-5H2,1H3;2*(H4,2,3,4). The molecular weight excluding hydrogens is 184 g/mol. The highest BCUT2D eigenvalue weighted by atomic mass is 16.2. The van der Waals surface area contributed by atoms with Crippen molar-refractivity contribution in [2.24, 2.45) is 28.9 Å². The summed E-state index contributed by atoms with van der Waals surface area (Å²) in [6.07, 6.45) is 5.95. The zero-order valence-electron chi connectivity index (χ0n) is 8.53.